The van der Waals surface area contributed by atoms with Gasteiger partial charge in [0, 0.05) is 30.3 Å². The van der Waals surface area contributed by atoms with Crippen molar-refractivity contribution in [3.8, 4) is 11.1 Å². The van der Waals surface area contributed by atoms with Crippen LogP contribution in [0.3, 0.4) is 0 Å². The maximum atomic E-state index is 12.8. The maximum absolute atomic E-state index is 12.8. The molecule has 4 N–H and O–H groups in total. The molecule has 2 aromatic carbocycles. The van der Waals surface area contributed by atoms with E-state index in [2.05, 4.69) is 32.7 Å². The number of carboxylic acid groups (broad SMARTS) is 1. The molecule has 9 heteroatoms. The van der Waals surface area contributed by atoms with Crippen LogP contribution in [0.5, 0.6) is 0 Å². The smallest absolute Gasteiger partial charge is 0.407 e. The Morgan fingerprint density at radius 3 is 2.29 bits per heavy atom. The fourth-order valence-corrected chi connectivity index (χ4v) is 4.26. The van der Waals surface area contributed by atoms with Crippen LogP contribution in [0.2, 0.25) is 0 Å². The van der Waals surface area contributed by atoms with Gasteiger partial charge in [-0.15, -0.1) is 0 Å². The van der Waals surface area contributed by atoms with Crippen LogP contribution in [0.1, 0.15) is 36.1 Å². The van der Waals surface area contributed by atoms with E-state index < -0.39 is 30.1 Å². The number of carbonyl (C=O) groups is 3. The number of fused-ring (bicyclic) bond motifs is 3. The predicted molar refractivity (Wildman–Crippen MR) is 124 cm³/mol. The molecule has 2 atom stereocenters. The molecular formula is C25H26N4O5. The van der Waals surface area contributed by atoms with Crippen molar-refractivity contribution in [1.82, 2.24) is 20.6 Å². The van der Waals surface area contributed by atoms with Gasteiger partial charge >= 0.3 is 12.1 Å². The minimum absolute atomic E-state index is 0.103. The average Bonchev–Trinajstić information content (AvgIpc) is 3.42. The van der Waals surface area contributed by atoms with Crippen molar-refractivity contribution in [2.75, 3.05) is 6.61 Å². The molecule has 0 aliphatic heterocycles. The summed E-state index contributed by atoms with van der Waals surface area (Å²) in [6.07, 6.45) is 2.22. The summed E-state index contributed by atoms with van der Waals surface area (Å²) in [7, 11) is 0. The van der Waals surface area contributed by atoms with E-state index in [-0.39, 0.29) is 25.4 Å². The molecule has 176 valence electrons. The Morgan fingerprint density at radius 1 is 1.06 bits per heavy atom. The summed E-state index contributed by atoms with van der Waals surface area (Å²) in [5.41, 5.74) is 5.06. The molecule has 1 aromatic heterocycles. The Morgan fingerprint density at radius 2 is 1.71 bits per heavy atom. The number of nitrogens with one attached hydrogen (secondary N) is 3. The molecule has 9 nitrogen and oxygen atoms in total. The number of carboxylic acids is 1. The summed E-state index contributed by atoms with van der Waals surface area (Å²) < 4.78 is 5.56. The number of hydrogen-bond acceptors (Lipinski definition) is 5. The minimum Gasteiger partial charge on any atom is -0.481 e. The van der Waals surface area contributed by atoms with E-state index in [0.717, 1.165) is 22.3 Å². The number of rotatable bonds is 9. The van der Waals surface area contributed by atoms with Crippen molar-refractivity contribution in [3.63, 3.8) is 0 Å². The predicted octanol–water partition coefficient (Wildman–Crippen LogP) is 2.84. The van der Waals surface area contributed by atoms with Crippen LogP contribution in [-0.4, -0.2) is 51.7 Å². The zero-order valence-corrected chi connectivity index (χ0v) is 18.7. The summed E-state index contributed by atoms with van der Waals surface area (Å²) in [5, 5.41) is 14.2. The van der Waals surface area contributed by atoms with Crippen LogP contribution < -0.4 is 10.6 Å². The number of hydrogen-bond donors (Lipinski definition) is 4. The summed E-state index contributed by atoms with van der Waals surface area (Å²) in [5.74, 6) is -1.63. The number of benzene rings is 2. The normalized spacial score (nSPS) is 13.9. The molecule has 0 spiro atoms. The topological polar surface area (TPSA) is 133 Å². The van der Waals surface area contributed by atoms with Crippen LogP contribution in [0, 0.1) is 0 Å². The van der Waals surface area contributed by atoms with Gasteiger partial charge in [0.15, 0.2) is 0 Å². The third-order valence-corrected chi connectivity index (χ3v) is 5.80. The highest BCUT2D eigenvalue weighted by Gasteiger charge is 2.30. The first kappa shape index (κ1) is 23.0. The second-order valence-electron chi connectivity index (χ2n) is 8.31. The van der Waals surface area contributed by atoms with Crippen LogP contribution in [-0.2, 0) is 20.7 Å². The Hall–Kier alpha value is -4.14. The van der Waals surface area contributed by atoms with Gasteiger partial charge in [-0.1, -0.05) is 48.5 Å². The van der Waals surface area contributed by atoms with E-state index in [0.29, 0.717) is 5.69 Å². The molecule has 0 saturated carbocycles. The van der Waals surface area contributed by atoms with Crippen LogP contribution in [0.25, 0.3) is 11.1 Å². The van der Waals surface area contributed by atoms with Crippen molar-refractivity contribution in [1.29, 1.82) is 0 Å². The number of nitrogens with zero attached hydrogens (tertiary/aromatic N) is 1. The maximum Gasteiger partial charge on any atom is 0.407 e. The Labute approximate surface area is 196 Å². The lowest BCUT2D eigenvalue weighted by Gasteiger charge is -2.21. The summed E-state index contributed by atoms with van der Waals surface area (Å²) >= 11 is 0. The second kappa shape index (κ2) is 10.2. The number of imidazole rings is 1. The van der Waals surface area contributed by atoms with E-state index in [9.17, 15) is 14.4 Å². The lowest BCUT2D eigenvalue weighted by Crippen LogP contribution is -2.50. The van der Waals surface area contributed by atoms with Crippen LogP contribution in [0.4, 0.5) is 4.79 Å². The monoisotopic (exact) mass is 462 g/mol. The first-order chi connectivity index (χ1) is 16.4. The lowest BCUT2D eigenvalue weighted by molar-refractivity contribution is -0.137. The zero-order chi connectivity index (χ0) is 24.1. The van der Waals surface area contributed by atoms with Gasteiger partial charge in [0.05, 0.1) is 12.7 Å². The van der Waals surface area contributed by atoms with Gasteiger partial charge in [-0.05, 0) is 29.2 Å². The highest BCUT2D eigenvalue weighted by molar-refractivity contribution is 5.86. The molecule has 34 heavy (non-hydrogen) atoms. The Kier molecular flexibility index (Phi) is 6.91. The number of aromatic nitrogens is 2. The van der Waals surface area contributed by atoms with Gasteiger partial charge in [-0.2, -0.15) is 0 Å². The molecule has 1 unspecified atom stereocenters. The van der Waals surface area contributed by atoms with Crippen molar-refractivity contribution >= 4 is 18.0 Å². The van der Waals surface area contributed by atoms with Crippen molar-refractivity contribution in [2.45, 2.75) is 37.8 Å². The first-order valence-electron chi connectivity index (χ1n) is 11.0. The largest absolute Gasteiger partial charge is 0.481 e. The van der Waals surface area contributed by atoms with E-state index >= 15 is 0 Å². The molecule has 2 amide bonds. The fraction of sp³-hybridized carbons (Fsp3) is 0.280. The molecular weight excluding hydrogens is 436 g/mol. The fourth-order valence-electron chi connectivity index (χ4n) is 4.26. The lowest BCUT2D eigenvalue weighted by atomic mass is 9.98. The van der Waals surface area contributed by atoms with Gasteiger partial charge in [-0.3, -0.25) is 9.59 Å². The number of aliphatic carboxylic acids is 1. The van der Waals surface area contributed by atoms with Gasteiger partial charge in [0.1, 0.15) is 12.6 Å². The van der Waals surface area contributed by atoms with Gasteiger partial charge in [-0.25, -0.2) is 9.78 Å². The van der Waals surface area contributed by atoms with Crippen molar-refractivity contribution in [3.05, 3.63) is 77.9 Å². The second-order valence-corrected chi connectivity index (χ2v) is 8.31. The highest BCUT2D eigenvalue weighted by atomic mass is 16.5. The van der Waals surface area contributed by atoms with E-state index in [4.69, 9.17) is 9.84 Å². The van der Waals surface area contributed by atoms with E-state index in [1.54, 1.807) is 13.1 Å². The van der Waals surface area contributed by atoms with E-state index in [1.165, 1.54) is 6.33 Å². The van der Waals surface area contributed by atoms with Gasteiger partial charge < -0.3 is 25.5 Å². The van der Waals surface area contributed by atoms with Crippen molar-refractivity contribution < 1.29 is 24.2 Å². The number of amides is 2. The number of aromatic amines is 1. The molecule has 0 bridgehead atoms. The van der Waals surface area contributed by atoms with Gasteiger partial charge in [0.2, 0.25) is 5.91 Å². The zero-order valence-electron chi connectivity index (χ0n) is 18.7. The number of ether oxygens (including phenoxy) is 1. The molecule has 1 aliphatic carbocycles. The molecule has 4 rings (SSSR count). The summed E-state index contributed by atoms with van der Waals surface area (Å²) in [4.78, 5) is 43.2. The molecule has 1 heterocycles. The third-order valence-electron chi connectivity index (χ3n) is 5.80. The van der Waals surface area contributed by atoms with E-state index in [1.807, 2.05) is 36.4 Å². The number of alkyl carbamates (subject to hydrolysis) is 1. The number of H-pyrrole nitrogens is 1. The minimum atomic E-state index is -1.03. The van der Waals surface area contributed by atoms with Crippen LogP contribution in [0.15, 0.2) is 61.1 Å². The summed E-state index contributed by atoms with van der Waals surface area (Å²) in [6.45, 7) is 1.71. The highest BCUT2D eigenvalue weighted by Crippen LogP contribution is 2.44. The third kappa shape index (κ3) is 5.25. The molecule has 0 fully saturated rings. The van der Waals surface area contributed by atoms with Crippen LogP contribution >= 0.6 is 0 Å². The Balaban J connectivity index is 1.43. The SMILES string of the molecule is C[C@@H](CC(=O)O)NC(=O)C(Cc1cnc[nH]1)NC(=O)OCC1c2ccccc2-c2ccccc21. The molecule has 3 aromatic rings. The molecule has 0 saturated heterocycles. The standard InChI is InChI=1S/C25H26N4O5/c1-15(10-23(30)31)28-24(32)22(11-16-12-26-14-27-16)29-25(33)34-13-21-19-8-4-2-6-17(19)18-7-3-5-9-20(18)21/h2-9,12,14-15,21-22H,10-11,13H2,1H3,(H,26,27)(H,28,32)(H,29,33)(H,30,31)/t15-,22?/m0/s1. The van der Waals surface area contributed by atoms with Crippen molar-refractivity contribution in [2.24, 2.45) is 0 Å². The molecule has 0 radical (unpaired) electrons. The average molecular weight is 463 g/mol. The molecule has 1 aliphatic rings. The number of carbonyl (C=O) groups excluding carboxylic acids is 2. The quantitative estimate of drug-likeness (QED) is 0.386. The Bertz CT molecular complexity index is 1130. The first-order valence-corrected chi connectivity index (χ1v) is 11.0. The van der Waals surface area contributed by atoms with Gasteiger partial charge in [0.25, 0.3) is 0 Å². The summed E-state index contributed by atoms with van der Waals surface area (Å²) in [6, 6.07) is 14.5.